The van der Waals surface area contributed by atoms with Crippen molar-refractivity contribution in [1.82, 2.24) is 0 Å². The summed E-state index contributed by atoms with van der Waals surface area (Å²) in [6, 6.07) is 17.4. The van der Waals surface area contributed by atoms with Crippen LogP contribution in [0, 0.1) is 0 Å². The Morgan fingerprint density at radius 3 is 1.76 bits per heavy atom. The minimum absolute atomic E-state index is 0.125. The van der Waals surface area contributed by atoms with E-state index in [4.69, 9.17) is 10.2 Å². The smallest absolute Gasteiger partial charge is 0.0857 e. The van der Waals surface area contributed by atoms with Gasteiger partial charge < -0.3 is 10.2 Å². The van der Waals surface area contributed by atoms with Crippen molar-refractivity contribution in [3.63, 3.8) is 0 Å². The summed E-state index contributed by atoms with van der Waals surface area (Å²) in [4.78, 5) is 0. The largest absolute Gasteiger partial charge is 0.396 e. The summed E-state index contributed by atoms with van der Waals surface area (Å²) in [6.07, 6.45) is 1.32. The zero-order valence-corrected chi connectivity index (χ0v) is 11.9. The summed E-state index contributed by atoms with van der Waals surface area (Å²) in [5.74, 6) is 0.181. The van der Waals surface area contributed by atoms with Gasteiger partial charge in [-0.3, -0.25) is 0 Å². The van der Waals surface area contributed by atoms with E-state index in [9.17, 15) is 0 Å². The lowest BCUT2D eigenvalue weighted by atomic mass is 9.93. The number of hydrogen-bond acceptors (Lipinski definition) is 4. The normalized spacial score (nSPS) is 11.4. The highest BCUT2D eigenvalue weighted by Crippen LogP contribution is 2.26. The molecule has 110 valence electrons. The van der Waals surface area contributed by atoms with Gasteiger partial charge in [0.05, 0.1) is 11.4 Å². The summed E-state index contributed by atoms with van der Waals surface area (Å²) in [5.41, 5.74) is 2.71. The first-order chi connectivity index (χ1) is 10.3. The van der Waals surface area contributed by atoms with E-state index in [-0.39, 0.29) is 19.1 Å². The fourth-order valence-corrected chi connectivity index (χ4v) is 2.21. The Kier molecular flexibility index (Phi) is 6.06. The van der Waals surface area contributed by atoms with Gasteiger partial charge >= 0.3 is 0 Å². The van der Waals surface area contributed by atoms with Crippen LogP contribution in [0.15, 0.2) is 64.8 Å². The first-order valence-electron chi connectivity index (χ1n) is 7.12. The molecule has 4 heteroatoms. The lowest BCUT2D eigenvalue weighted by Crippen LogP contribution is -2.03. The second-order valence-corrected chi connectivity index (χ2v) is 4.85. The van der Waals surface area contributed by atoms with Crippen LogP contribution in [-0.2, 0) is 0 Å². The molecule has 0 aromatic heterocycles. The van der Waals surface area contributed by atoms with Crippen molar-refractivity contribution >= 4 is 11.4 Å². The summed E-state index contributed by atoms with van der Waals surface area (Å²) in [5, 5.41) is 26.5. The first-order valence-corrected chi connectivity index (χ1v) is 7.12. The van der Waals surface area contributed by atoms with Crippen molar-refractivity contribution in [3.05, 3.63) is 60.2 Å². The number of azo groups is 1. The zero-order valence-electron chi connectivity index (χ0n) is 11.9. The fourth-order valence-electron chi connectivity index (χ4n) is 2.21. The zero-order chi connectivity index (χ0) is 14.9. The van der Waals surface area contributed by atoms with Crippen LogP contribution in [0.3, 0.4) is 0 Å². The Bertz CT molecular complexity index is 547. The molecule has 0 saturated heterocycles. The predicted molar refractivity (Wildman–Crippen MR) is 83.2 cm³/mol. The molecule has 4 nitrogen and oxygen atoms in total. The van der Waals surface area contributed by atoms with Gasteiger partial charge in [-0.1, -0.05) is 30.3 Å². The average molecular weight is 284 g/mol. The molecule has 0 aliphatic heterocycles. The van der Waals surface area contributed by atoms with Crippen molar-refractivity contribution in [3.8, 4) is 0 Å². The molecular formula is C17H20N2O2. The van der Waals surface area contributed by atoms with Crippen molar-refractivity contribution < 1.29 is 10.2 Å². The van der Waals surface area contributed by atoms with E-state index in [1.165, 1.54) is 0 Å². The van der Waals surface area contributed by atoms with Crippen molar-refractivity contribution in [2.45, 2.75) is 18.8 Å². The molecule has 0 saturated carbocycles. The van der Waals surface area contributed by atoms with Gasteiger partial charge in [-0.25, -0.2) is 0 Å². The Labute approximate surface area is 124 Å². The Hall–Kier alpha value is -2.04. The fraction of sp³-hybridized carbons (Fsp3) is 0.294. The molecule has 0 heterocycles. The van der Waals surface area contributed by atoms with Gasteiger partial charge in [0.15, 0.2) is 0 Å². The maximum atomic E-state index is 9.07. The Morgan fingerprint density at radius 1 is 0.714 bits per heavy atom. The number of benzene rings is 2. The molecule has 0 spiro atoms. The number of nitrogens with zero attached hydrogens (tertiary/aromatic N) is 2. The predicted octanol–water partition coefficient (Wildman–Crippen LogP) is 3.95. The number of rotatable bonds is 7. The molecule has 0 amide bonds. The molecule has 0 bridgehead atoms. The Balaban J connectivity index is 2.06. The maximum absolute atomic E-state index is 9.07. The van der Waals surface area contributed by atoms with Gasteiger partial charge in [-0.05, 0) is 48.6 Å². The third-order valence-electron chi connectivity index (χ3n) is 3.36. The van der Waals surface area contributed by atoms with Crippen molar-refractivity contribution in [2.75, 3.05) is 13.2 Å². The van der Waals surface area contributed by atoms with E-state index in [1.807, 2.05) is 54.6 Å². The van der Waals surface area contributed by atoms with E-state index < -0.39 is 0 Å². The van der Waals surface area contributed by atoms with Gasteiger partial charge in [-0.15, -0.1) is 0 Å². The van der Waals surface area contributed by atoms with Gasteiger partial charge in [0, 0.05) is 13.2 Å². The monoisotopic (exact) mass is 284 g/mol. The van der Waals surface area contributed by atoms with Crippen LogP contribution in [0.25, 0.3) is 0 Å². The molecule has 2 rings (SSSR count). The van der Waals surface area contributed by atoms with Gasteiger partial charge in [0.1, 0.15) is 0 Å². The molecule has 0 radical (unpaired) electrons. The third kappa shape index (κ3) is 4.77. The molecule has 21 heavy (non-hydrogen) atoms. The summed E-state index contributed by atoms with van der Waals surface area (Å²) in [6.45, 7) is 0.250. The number of aliphatic hydroxyl groups excluding tert-OH is 2. The van der Waals surface area contributed by atoms with E-state index in [1.54, 1.807) is 0 Å². The second kappa shape index (κ2) is 8.29. The molecule has 0 atom stereocenters. The standard InChI is InChI=1S/C17H20N2O2/c20-12-10-15(11-13-21)14-6-8-17(9-7-14)19-18-16-4-2-1-3-5-16/h1-9,15,20-21H,10-13H2. The average Bonchev–Trinajstić information content (AvgIpc) is 2.54. The lowest BCUT2D eigenvalue weighted by molar-refractivity contribution is 0.242. The summed E-state index contributed by atoms with van der Waals surface area (Å²) >= 11 is 0. The third-order valence-corrected chi connectivity index (χ3v) is 3.36. The van der Waals surface area contributed by atoms with Gasteiger partial charge in [-0.2, -0.15) is 10.2 Å². The SMILES string of the molecule is OCCC(CCO)c1ccc(N=Nc2ccccc2)cc1. The highest BCUT2D eigenvalue weighted by Gasteiger charge is 2.10. The molecule has 0 fully saturated rings. The second-order valence-electron chi connectivity index (χ2n) is 4.85. The van der Waals surface area contributed by atoms with Crippen molar-refractivity contribution in [2.24, 2.45) is 10.2 Å². The van der Waals surface area contributed by atoms with Crippen LogP contribution in [0.5, 0.6) is 0 Å². The topological polar surface area (TPSA) is 65.2 Å². The molecule has 2 N–H and O–H groups in total. The molecule has 0 aliphatic carbocycles. The van der Waals surface area contributed by atoms with Crippen LogP contribution in [0.4, 0.5) is 11.4 Å². The minimum Gasteiger partial charge on any atom is -0.396 e. The molecule has 0 aliphatic rings. The van der Waals surface area contributed by atoms with E-state index in [0.29, 0.717) is 12.8 Å². The van der Waals surface area contributed by atoms with Crippen LogP contribution < -0.4 is 0 Å². The quantitative estimate of drug-likeness (QED) is 0.756. The van der Waals surface area contributed by atoms with E-state index in [0.717, 1.165) is 16.9 Å². The molecular weight excluding hydrogens is 264 g/mol. The highest BCUT2D eigenvalue weighted by atomic mass is 16.3. The Morgan fingerprint density at radius 2 is 1.24 bits per heavy atom. The number of aliphatic hydroxyl groups is 2. The van der Waals surface area contributed by atoms with Crippen molar-refractivity contribution in [1.29, 1.82) is 0 Å². The first kappa shape index (κ1) is 15.4. The lowest BCUT2D eigenvalue weighted by Gasteiger charge is -2.14. The van der Waals surface area contributed by atoms with Crippen LogP contribution in [-0.4, -0.2) is 23.4 Å². The van der Waals surface area contributed by atoms with Crippen LogP contribution >= 0.6 is 0 Å². The summed E-state index contributed by atoms with van der Waals surface area (Å²) in [7, 11) is 0. The van der Waals surface area contributed by atoms with Crippen LogP contribution in [0.2, 0.25) is 0 Å². The molecule has 2 aromatic rings. The highest BCUT2D eigenvalue weighted by molar-refractivity contribution is 5.41. The van der Waals surface area contributed by atoms with Gasteiger partial charge in [0.2, 0.25) is 0 Å². The molecule has 2 aromatic carbocycles. The maximum Gasteiger partial charge on any atom is 0.0857 e. The number of hydrogen-bond donors (Lipinski definition) is 2. The minimum atomic E-state index is 0.125. The summed E-state index contributed by atoms with van der Waals surface area (Å²) < 4.78 is 0. The van der Waals surface area contributed by atoms with E-state index in [2.05, 4.69) is 10.2 Å². The van der Waals surface area contributed by atoms with Gasteiger partial charge in [0.25, 0.3) is 0 Å². The van der Waals surface area contributed by atoms with E-state index >= 15 is 0 Å². The molecule has 0 unspecified atom stereocenters. The van der Waals surface area contributed by atoms with Crippen LogP contribution in [0.1, 0.15) is 24.3 Å².